The number of nitrogens with zero attached hydrogens (tertiary/aromatic N) is 4. The molecule has 5 aromatic carbocycles. The molecule has 298 valence electrons. The quantitative estimate of drug-likeness (QED) is 0.182. The van der Waals surface area contributed by atoms with Crippen LogP contribution in [0.3, 0.4) is 0 Å². The molecule has 0 bridgehead atoms. The number of benzene rings is 5. The third kappa shape index (κ3) is 6.00. The number of hydrogen-bond donors (Lipinski definition) is 1. The summed E-state index contributed by atoms with van der Waals surface area (Å²) in [6.45, 7) is 0. The minimum Gasteiger partial charge on any atom is -0.461 e. The van der Waals surface area contributed by atoms with E-state index >= 15 is 0 Å². The first-order valence-corrected chi connectivity index (χ1v) is 21.8. The number of hydrogen-bond acceptors (Lipinski definition) is 6. The van der Waals surface area contributed by atoms with Crippen LogP contribution >= 0.6 is 0 Å². The summed E-state index contributed by atoms with van der Waals surface area (Å²) >= 11 is 0. The minimum atomic E-state index is -0.666. The van der Waals surface area contributed by atoms with Crippen LogP contribution in [0.1, 0.15) is 78.3 Å². The standard InChI is InChI=1S/C56H43N5O/c1-5-17-36(18-6-1)48-35-49(37-19-7-2-8-20-37)58-54(57-48)40-29-31-42-43-32-30-41(55-60-52(38-21-9-3-10-22-38)59-53(61-55)39-23-11-4-12-24-39)34-47(43)56(46(42)33-40)44-25-13-15-27-50(44)62-51-28-16-14-26-45(51)56/h1,3-7,9-11,13-15,17-23,25-27,29-35,54,57H,2,8,12,16,24,28H2. The Bertz CT molecular complexity index is 3070. The molecule has 1 N–H and O–H groups in total. The van der Waals surface area contributed by atoms with Gasteiger partial charge in [0.15, 0.2) is 17.5 Å². The van der Waals surface area contributed by atoms with Crippen molar-refractivity contribution in [3.63, 3.8) is 0 Å². The number of aromatic nitrogens is 3. The first-order valence-electron chi connectivity index (χ1n) is 21.8. The van der Waals surface area contributed by atoms with Gasteiger partial charge < -0.3 is 10.1 Å². The van der Waals surface area contributed by atoms with Crippen molar-refractivity contribution in [3.05, 3.63) is 227 Å². The predicted molar refractivity (Wildman–Crippen MR) is 249 cm³/mol. The average molecular weight is 802 g/mol. The smallest absolute Gasteiger partial charge is 0.164 e. The van der Waals surface area contributed by atoms with Crippen molar-refractivity contribution in [3.8, 4) is 39.7 Å². The summed E-state index contributed by atoms with van der Waals surface area (Å²) in [6, 6.07) is 43.3. The number of para-hydroxylation sites is 1. The Kier molecular flexibility index (Phi) is 8.77. The summed E-state index contributed by atoms with van der Waals surface area (Å²) in [5.41, 5.74) is 15.0. The van der Waals surface area contributed by atoms with Gasteiger partial charge in [0.05, 0.1) is 11.1 Å². The Morgan fingerprint density at radius 2 is 1.32 bits per heavy atom. The van der Waals surface area contributed by atoms with E-state index in [0.717, 1.165) is 101 Å². The highest BCUT2D eigenvalue weighted by Crippen LogP contribution is 2.62. The van der Waals surface area contributed by atoms with Gasteiger partial charge in [0.25, 0.3) is 0 Å². The van der Waals surface area contributed by atoms with Crippen molar-refractivity contribution >= 4 is 17.0 Å². The molecular weight excluding hydrogens is 759 g/mol. The molecule has 4 aliphatic carbocycles. The van der Waals surface area contributed by atoms with Gasteiger partial charge in [-0.15, -0.1) is 0 Å². The normalized spacial score (nSPS) is 20.5. The van der Waals surface area contributed by atoms with Gasteiger partial charge in [0.1, 0.15) is 17.7 Å². The summed E-state index contributed by atoms with van der Waals surface area (Å²) in [4.78, 5) is 20.9. The van der Waals surface area contributed by atoms with Gasteiger partial charge in [-0.1, -0.05) is 152 Å². The highest BCUT2D eigenvalue weighted by atomic mass is 16.5. The van der Waals surface area contributed by atoms with Gasteiger partial charge in [0, 0.05) is 34.4 Å². The Hall–Kier alpha value is -7.44. The molecule has 12 rings (SSSR count). The number of ether oxygens (including phenoxy) is 1. The number of rotatable bonds is 6. The van der Waals surface area contributed by atoms with E-state index in [1.165, 1.54) is 33.4 Å². The third-order valence-electron chi connectivity index (χ3n) is 13.0. The van der Waals surface area contributed by atoms with Crippen molar-refractivity contribution in [2.24, 2.45) is 4.99 Å². The third-order valence-corrected chi connectivity index (χ3v) is 13.0. The molecule has 1 spiro atoms. The van der Waals surface area contributed by atoms with E-state index in [0.29, 0.717) is 11.6 Å². The SMILES string of the molecule is C1=CCCC(c2nc(-c3ccccc3)nc(-c3ccc4c(c3)C3(C5=C(CCC=C5)Oc5ccccc53)c3cc(C5N=C(C6=CCCC=C6)C=C(c6ccccc6)N5)ccc3-4)n2)=C1. The second kappa shape index (κ2) is 14.9. The molecule has 3 heterocycles. The number of nitrogens with one attached hydrogen (secondary N) is 1. The first-order chi connectivity index (χ1) is 30.7. The largest absolute Gasteiger partial charge is 0.461 e. The van der Waals surface area contributed by atoms with E-state index in [-0.39, 0.29) is 6.17 Å². The predicted octanol–water partition coefficient (Wildman–Crippen LogP) is 12.6. The van der Waals surface area contributed by atoms with Crippen LogP contribution in [0, 0.1) is 0 Å². The van der Waals surface area contributed by atoms with Gasteiger partial charge in [-0.25, -0.2) is 15.0 Å². The highest BCUT2D eigenvalue weighted by Gasteiger charge is 2.52. The van der Waals surface area contributed by atoms with E-state index < -0.39 is 5.41 Å². The maximum atomic E-state index is 6.84. The summed E-state index contributed by atoms with van der Waals surface area (Å²) in [5, 5.41) is 3.86. The van der Waals surface area contributed by atoms with Gasteiger partial charge >= 0.3 is 0 Å². The van der Waals surface area contributed by atoms with Crippen molar-refractivity contribution < 1.29 is 4.74 Å². The average Bonchev–Trinajstić information content (AvgIpc) is 3.64. The molecule has 6 aromatic rings. The lowest BCUT2D eigenvalue weighted by Crippen LogP contribution is -2.35. The monoisotopic (exact) mass is 801 g/mol. The fourth-order valence-corrected chi connectivity index (χ4v) is 10.0. The van der Waals surface area contributed by atoms with Crippen molar-refractivity contribution in [2.45, 2.75) is 50.1 Å². The number of fused-ring (bicyclic) bond motifs is 8. The maximum Gasteiger partial charge on any atom is 0.164 e. The van der Waals surface area contributed by atoms with Gasteiger partial charge in [-0.05, 0) is 101 Å². The molecule has 6 nitrogen and oxygen atoms in total. The second-order valence-electron chi connectivity index (χ2n) is 16.6. The molecule has 0 radical (unpaired) electrons. The summed E-state index contributed by atoms with van der Waals surface area (Å²) in [5.74, 6) is 3.97. The molecule has 6 heteroatoms. The van der Waals surface area contributed by atoms with E-state index in [4.69, 9.17) is 24.7 Å². The molecule has 1 aromatic heterocycles. The Balaban J connectivity index is 1.06. The zero-order valence-electron chi connectivity index (χ0n) is 34.3. The van der Waals surface area contributed by atoms with Crippen molar-refractivity contribution in [1.29, 1.82) is 0 Å². The number of aliphatic imine (C=N–C) groups is 1. The highest BCUT2D eigenvalue weighted by molar-refractivity contribution is 6.14. The van der Waals surface area contributed by atoms with Gasteiger partial charge in [0.2, 0.25) is 0 Å². The molecule has 0 amide bonds. The lowest BCUT2D eigenvalue weighted by atomic mass is 9.64. The fraction of sp³-hybridized carbons (Fsp3) is 0.143. The number of allylic oxidation sites excluding steroid dienone is 13. The van der Waals surface area contributed by atoms with Crippen LogP contribution in [0.15, 0.2) is 198 Å². The topological polar surface area (TPSA) is 72.3 Å². The van der Waals surface area contributed by atoms with Crippen LogP contribution in [-0.4, -0.2) is 20.7 Å². The zero-order valence-corrected chi connectivity index (χ0v) is 34.3. The molecule has 2 unspecified atom stereocenters. The second-order valence-corrected chi connectivity index (χ2v) is 16.6. The van der Waals surface area contributed by atoms with Crippen LogP contribution < -0.4 is 10.1 Å². The molecular formula is C56H43N5O. The molecule has 62 heavy (non-hydrogen) atoms. The van der Waals surface area contributed by atoms with Crippen LogP contribution in [0.4, 0.5) is 0 Å². The van der Waals surface area contributed by atoms with E-state index in [1.807, 2.05) is 18.2 Å². The molecule has 0 fully saturated rings. The molecule has 2 aliphatic heterocycles. The molecule has 0 saturated heterocycles. The van der Waals surface area contributed by atoms with Crippen LogP contribution in [0.2, 0.25) is 0 Å². The van der Waals surface area contributed by atoms with E-state index in [1.54, 1.807) is 0 Å². The molecule has 2 atom stereocenters. The van der Waals surface area contributed by atoms with Crippen molar-refractivity contribution in [1.82, 2.24) is 20.3 Å². The zero-order chi connectivity index (χ0) is 41.0. The van der Waals surface area contributed by atoms with E-state index in [9.17, 15) is 0 Å². The Morgan fingerprint density at radius 3 is 2.13 bits per heavy atom. The summed E-state index contributed by atoms with van der Waals surface area (Å²) in [6.07, 6.45) is 25.4. The lowest BCUT2D eigenvalue weighted by molar-refractivity contribution is 0.364. The van der Waals surface area contributed by atoms with Crippen LogP contribution in [-0.2, 0) is 5.41 Å². The van der Waals surface area contributed by atoms with Gasteiger partial charge in [-0.2, -0.15) is 0 Å². The van der Waals surface area contributed by atoms with Crippen molar-refractivity contribution in [2.75, 3.05) is 0 Å². The Morgan fingerprint density at radius 1 is 0.597 bits per heavy atom. The molecule has 6 aliphatic rings. The minimum absolute atomic E-state index is 0.308. The van der Waals surface area contributed by atoms with Crippen LogP contribution in [0.25, 0.3) is 45.2 Å². The Labute approximate surface area is 361 Å². The molecule has 0 saturated carbocycles. The van der Waals surface area contributed by atoms with Gasteiger partial charge in [-0.3, -0.25) is 4.99 Å². The maximum absolute atomic E-state index is 6.84. The van der Waals surface area contributed by atoms with Crippen LogP contribution in [0.5, 0.6) is 5.75 Å². The summed E-state index contributed by atoms with van der Waals surface area (Å²) in [7, 11) is 0. The first kappa shape index (κ1) is 36.4. The summed E-state index contributed by atoms with van der Waals surface area (Å²) < 4.78 is 6.84. The lowest BCUT2D eigenvalue weighted by Gasteiger charge is -2.41. The van der Waals surface area contributed by atoms with E-state index in [2.05, 4.69) is 163 Å². The fourth-order valence-electron chi connectivity index (χ4n) is 10.0.